The van der Waals surface area contributed by atoms with Crippen molar-refractivity contribution in [3.63, 3.8) is 0 Å². The van der Waals surface area contributed by atoms with Crippen LogP contribution in [0.25, 0.3) is 0 Å². The molecule has 0 heterocycles. The van der Waals surface area contributed by atoms with E-state index >= 15 is 0 Å². The molecule has 0 amide bonds. The van der Waals surface area contributed by atoms with Gasteiger partial charge in [0.25, 0.3) is 0 Å². The summed E-state index contributed by atoms with van der Waals surface area (Å²) in [6.45, 7) is 17.9. The number of alkyl halides is 1. The van der Waals surface area contributed by atoms with Crippen LogP contribution in [0.1, 0.15) is 20.8 Å². The van der Waals surface area contributed by atoms with Gasteiger partial charge in [-0.1, -0.05) is 45.0 Å². The van der Waals surface area contributed by atoms with E-state index in [4.69, 9.17) is 27.6 Å². The smallest absolute Gasteiger partial charge is 0.192 e. The maximum absolute atomic E-state index is 9.89. The fourth-order valence-corrected chi connectivity index (χ4v) is 2.44. The molecular weight excluding hydrogens is 287 g/mol. The lowest BCUT2D eigenvalue weighted by Gasteiger charge is -2.39. The molecule has 2 nitrogen and oxygen atoms in total. The van der Waals surface area contributed by atoms with Crippen molar-refractivity contribution in [2.24, 2.45) is 0 Å². The van der Waals surface area contributed by atoms with Crippen LogP contribution in [-0.4, -0.2) is 31.0 Å². The van der Waals surface area contributed by atoms with Gasteiger partial charge >= 0.3 is 0 Å². The molecule has 1 N–H and O–H groups in total. The van der Waals surface area contributed by atoms with Crippen LogP contribution in [0, 0.1) is 0 Å². The maximum atomic E-state index is 9.89. The summed E-state index contributed by atoms with van der Waals surface area (Å²) in [4.78, 5) is -1.22. The van der Waals surface area contributed by atoms with Gasteiger partial charge < -0.3 is 9.53 Å². The van der Waals surface area contributed by atoms with Gasteiger partial charge in [-0.25, -0.2) is 0 Å². The number of aliphatic hydroxyl groups excluding tert-OH is 1. The summed E-state index contributed by atoms with van der Waals surface area (Å²) in [5.41, 5.74) is 0. The third kappa shape index (κ3) is 4.10. The van der Waals surface area contributed by atoms with Gasteiger partial charge in [0.05, 0.1) is 12.7 Å². The van der Waals surface area contributed by atoms with Crippen LogP contribution in [-0.2, 0) is 4.43 Å². The Bertz CT molecular complexity index is 323. The Morgan fingerprint density at radius 1 is 1.44 bits per heavy atom. The van der Waals surface area contributed by atoms with Gasteiger partial charge in [0, 0.05) is 5.03 Å². The standard InChI is InChI=1S/C13H24Cl2O2Si/c1-8-11(16)13(15,10(2)14)9-17-18(6,7)12(3,4)5/h8,11,16H,1-2,9H2,3-7H3. The molecule has 2 unspecified atom stereocenters. The molecule has 0 rings (SSSR count). The van der Waals surface area contributed by atoms with Crippen molar-refractivity contribution in [3.8, 4) is 0 Å². The summed E-state index contributed by atoms with van der Waals surface area (Å²) < 4.78 is 6.00. The van der Waals surface area contributed by atoms with Crippen LogP contribution in [0.3, 0.4) is 0 Å². The van der Waals surface area contributed by atoms with Crippen molar-refractivity contribution in [1.82, 2.24) is 0 Å². The second-order valence-electron chi connectivity index (χ2n) is 6.00. The number of rotatable bonds is 6. The van der Waals surface area contributed by atoms with Crippen molar-refractivity contribution in [3.05, 3.63) is 24.3 Å². The molecule has 0 aliphatic rings. The molecule has 18 heavy (non-hydrogen) atoms. The summed E-state index contributed by atoms with van der Waals surface area (Å²) in [7, 11) is -1.95. The zero-order chi connectivity index (χ0) is 14.8. The molecule has 106 valence electrons. The zero-order valence-corrected chi connectivity index (χ0v) is 14.4. The third-order valence-corrected chi connectivity index (χ3v) is 9.07. The quantitative estimate of drug-likeness (QED) is 0.450. The summed E-state index contributed by atoms with van der Waals surface area (Å²) >= 11 is 12.2. The molecular formula is C13H24Cl2O2Si. The third-order valence-electron chi connectivity index (χ3n) is 3.59. The van der Waals surface area contributed by atoms with Gasteiger partial charge in [0.2, 0.25) is 0 Å². The Hall–Kier alpha value is 0.197. The number of aliphatic hydroxyl groups is 1. The monoisotopic (exact) mass is 310 g/mol. The highest BCUT2D eigenvalue weighted by Crippen LogP contribution is 2.39. The fraction of sp³-hybridized carbons (Fsp3) is 0.692. The largest absolute Gasteiger partial charge is 0.415 e. The van der Waals surface area contributed by atoms with E-state index in [-0.39, 0.29) is 16.7 Å². The van der Waals surface area contributed by atoms with E-state index in [1.807, 2.05) is 0 Å². The second kappa shape index (κ2) is 6.10. The fourth-order valence-electron chi connectivity index (χ4n) is 1.01. The maximum Gasteiger partial charge on any atom is 0.192 e. The average Bonchev–Trinajstić information content (AvgIpc) is 2.22. The summed E-state index contributed by atoms with van der Waals surface area (Å²) in [6.07, 6.45) is 0.351. The van der Waals surface area contributed by atoms with Crippen LogP contribution in [0.4, 0.5) is 0 Å². The van der Waals surface area contributed by atoms with E-state index in [0.717, 1.165) is 0 Å². The minimum Gasteiger partial charge on any atom is -0.415 e. The highest BCUT2D eigenvalue weighted by atomic mass is 35.5. The number of hydrogen-bond acceptors (Lipinski definition) is 2. The molecule has 5 heteroatoms. The van der Waals surface area contributed by atoms with Gasteiger partial charge in [-0.05, 0) is 18.1 Å². The van der Waals surface area contributed by atoms with E-state index in [2.05, 4.69) is 47.0 Å². The zero-order valence-electron chi connectivity index (χ0n) is 11.9. The molecule has 0 aromatic rings. The topological polar surface area (TPSA) is 29.5 Å². The highest BCUT2D eigenvalue weighted by molar-refractivity contribution is 6.74. The Kier molecular flexibility index (Phi) is 6.17. The molecule has 0 aromatic heterocycles. The van der Waals surface area contributed by atoms with Crippen LogP contribution in [0.5, 0.6) is 0 Å². The number of halogens is 2. The highest BCUT2D eigenvalue weighted by Gasteiger charge is 2.43. The minimum atomic E-state index is -1.95. The van der Waals surface area contributed by atoms with Gasteiger partial charge in [-0.2, -0.15) is 0 Å². The molecule has 0 aliphatic carbocycles. The summed E-state index contributed by atoms with van der Waals surface area (Å²) in [5, 5.41) is 10.1. The van der Waals surface area contributed by atoms with E-state index < -0.39 is 19.3 Å². The predicted octanol–water partition coefficient (Wildman–Crippen LogP) is 4.29. The van der Waals surface area contributed by atoms with Crippen LogP contribution < -0.4 is 0 Å². The first kappa shape index (κ1) is 18.2. The van der Waals surface area contributed by atoms with Gasteiger partial charge in [0.15, 0.2) is 8.32 Å². The Labute approximate surface area is 122 Å². The lowest BCUT2D eigenvalue weighted by molar-refractivity contribution is 0.143. The van der Waals surface area contributed by atoms with Crippen LogP contribution in [0.15, 0.2) is 24.3 Å². The molecule has 0 aliphatic heterocycles. The average molecular weight is 311 g/mol. The van der Waals surface area contributed by atoms with Crippen LogP contribution >= 0.6 is 23.2 Å². The summed E-state index contributed by atoms with van der Waals surface area (Å²) in [6, 6.07) is 0. The molecule has 0 aromatic carbocycles. The van der Waals surface area contributed by atoms with E-state index in [9.17, 15) is 5.11 Å². The molecule has 2 atom stereocenters. The van der Waals surface area contributed by atoms with Crippen molar-refractivity contribution in [1.29, 1.82) is 0 Å². The number of hydrogen-bond donors (Lipinski definition) is 1. The molecule has 0 fully saturated rings. The first-order valence-electron chi connectivity index (χ1n) is 5.87. The van der Waals surface area contributed by atoms with E-state index in [1.165, 1.54) is 6.08 Å². The van der Waals surface area contributed by atoms with Crippen molar-refractivity contribution < 1.29 is 9.53 Å². The summed E-state index contributed by atoms with van der Waals surface area (Å²) in [5.74, 6) is 0. The predicted molar refractivity (Wildman–Crippen MR) is 82.9 cm³/mol. The van der Waals surface area contributed by atoms with Gasteiger partial charge in [0.1, 0.15) is 4.87 Å². The molecule has 0 spiro atoms. The Morgan fingerprint density at radius 2 is 1.89 bits per heavy atom. The normalized spacial score (nSPS) is 18.0. The van der Waals surface area contributed by atoms with Crippen molar-refractivity contribution in [2.75, 3.05) is 6.61 Å². The first-order valence-corrected chi connectivity index (χ1v) is 9.53. The van der Waals surface area contributed by atoms with Gasteiger partial charge in [-0.15, -0.1) is 18.2 Å². The Morgan fingerprint density at radius 3 is 2.17 bits per heavy atom. The molecule has 0 saturated carbocycles. The van der Waals surface area contributed by atoms with E-state index in [1.54, 1.807) is 0 Å². The lowest BCUT2D eigenvalue weighted by Crippen LogP contribution is -2.48. The second-order valence-corrected chi connectivity index (χ2v) is 11.9. The van der Waals surface area contributed by atoms with E-state index in [0.29, 0.717) is 0 Å². The first-order chi connectivity index (χ1) is 7.88. The lowest BCUT2D eigenvalue weighted by atomic mass is 10.0. The molecule has 0 bridgehead atoms. The van der Waals surface area contributed by atoms with Gasteiger partial charge in [-0.3, -0.25) is 0 Å². The van der Waals surface area contributed by atoms with Crippen LogP contribution in [0.2, 0.25) is 18.1 Å². The molecule has 0 saturated heterocycles. The minimum absolute atomic E-state index is 0.0670. The molecule has 0 radical (unpaired) electrons. The Balaban J connectivity index is 4.96. The van der Waals surface area contributed by atoms with Crippen molar-refractivity contribution in [2.45, 2.75) is 49.9 Å². The SMILES string of the molecule is C=CC(O)C(Cl)(CO[Si](C)(C)C(C)(C)C)C(=C)Cl. The van der Waals surface area contributed by atoms with Crippen molar-refractivity contribution >= 4 is 31.5 Å².